The van der Waals surface area contributed by atoms with Gasteiger partial charge in [0.25, 0.3) is 0 Å². The van der Waals surface area contributed by atoms with Crippen molar-refractivity contribution >= 4 is 23.4 Å². The van der Waals surface area contributed by atoms with E-state index < -0.39 is 0 Å². The molecule has 9 heteroatoms. The van der Waals surface area contributed by atoms with Crippen molar-refractivity contribution in [3.05, 3.63) is 54.9 Å². The van der Waals surface area contributed by atoms with Gasteiger partial charge in [-0.25, -0.2) is 9.97 Å². The number of hydrogen-bond acceptors (Lipinski definition) is 8. The van der Waals surface area contributed by atoms with Gasteiger partial charge >= 0.3 is 0 Å². The van der Waals surface area contributed by atoms with Crippen molar-refractivity contribution in [2.75, 3.05) is 54.5 Å². The van der Waals surface area contributed by atoms with Crippen molar-refractivity contribution < 1.29 is 9.53 Å². The Morgan fingerprint density at radius 3 is 2.58 bits per heavy atom. The number of nitrogens with zero attached hydrogens (tertiary/aromatic N) is 6. The Morgan fingerprint density at radius 1 is 0.939 bits per heavy atom. The minimum atomic E-state index is -0.142. The van der Waals surface area contributed by atoms with Gasteiger partial charge in [0, 0.05) is 37.8 Å². The van der Waals surface area contributed by atoms with Crippen LogP contribution in [0.2, 0.25) is 0 Å². The first-order chi connectivity index (χ1) is 16.3. The van der Waals surface area contributed by atoms with Gasteiger partial charge in [0.05, 0.1) is 24.8 Å². The van der Waals surface area contributed by atoms with E-state index in [0.29, 0.717) is 25.6 Å². The standard InChI is InChI=1S/C24H27N7O2/c32-24(27-21-15-23(26-17-25-21)30-11-13-33-14-12-30)19-7-4-10-31(16-19)22-9-8-20(28-29-22)18-5-2-1-3-6-18/h1-3,5-6,8-9,15,17,19H,4,7,10-14,16H2,(H,25,26,27,32)/t19-/m1/s1. The number of rotatable bonds is 5. The molecule has 3 aromatic rings. The second-order valence-electron chi connectivity index (χ2n) is 8.28. The minimum Gasteiger partial charge on any atom is -0.378 e. The average molecular weight is 446 g/mol. The Hall–Kier alpha value is -3.59. The number of anilines is 3. The van der Waals surface area contributed by atoms with Gasteiger partial charge in [0.15, 0.2) is 5.82 Å². The quantitative estimate of drug-likeness (QED) is 0.640. The highest BCUT2D eigenvalue weighted by molar-refractivity contribution is 5.92. The molecule has 2 aromatic heterocycles. The highest BCUT2D eigenvalue weighted by atomic mass is 16.5. The lowest BCUT2D eigenvalue weighted by molar-refractivity contribution is -0.120. The fourth-order valence-corrected chi connectivity index (χ4v) is 4.27. The molecule has 170 valence electrons. The summed E-state index contributed by atoms with van der Waals surface area (Å²) in [5, 5.41) is 11.8. The molecule has 0 bridgehead atoms. The van der Waals surface area contributed by atoms with E-state index in [9.17, 15) is 4.79 Å². The van der Waals surface area contributed by atoms with E-state index in [1.54, 1.807) is 0 Å². The number of piperidine rings is 1. The third-order valence-corrected chi connectivity index (χ3v) is 6.08. The first-order valence-corrected chi connectivity index (χ1v) is 11.4. The number of hydrogen-bond donors (Lipinski definition) is 1. The zero-order valence-electron chi connectivity index (χ0n) is 18.4. The molecule has 0 unspecified atom stereocenters. The van der Waals surface area contributed by atoms with E-state index in [4.69, 9.17) is 4.74 Å². The van der Waals surface area contributed by atoms with Crippen LogP contribution in [-0.2, 0) is 9.53 Å². The Bertz CT molecular complexity index is 1070. The summed E-state index contributed by atoms with van der Waals surface area (Å²) in [6.07, 6.45) is 3.25. The van der Waals surface area contributed by atoms with Crippen molar-refractivity contribution in [1.29, 1.82) is 0 Å². The number of aromatic nitrogens is 4. The van der Waals surface area contributed by atoms with Gasteiger partial charge in [-0.05, 0) is 25.0 Å². The second-order valence-corrected chi connectivity index (χ2v) is 8.28. The number of amides is 1. The van der Waals surface area contributed by atoms with E-state index in [-0.39, 0.29) is 11.8 Å². The maximum Gasteiger partial charge on any atom is 0.230 e. The number of carbonyl (C=O) groups is 1. The van der Waals surface area contributed by atoms with Gasteiger partial charge in [-0.15, -0.1) is 10.2 Å². The van der Waals surface area contributed by atoms with E-state index in [1.165, 1.54) is 6.33 Å². The van der Waals surface area contributed by atoms with Crippen LogP contribution in [0.25, 0.3) is 11.3 Å². The highest BCUT2D eigenvalue weighted by Gasteiger charge is 2.27. The normalized spacial score (nSPS) is 18.7. The number of benzene rings is 1. The summed E-state index contributed by atoms with van der Waals surface area (Å²) in [7, 11) is 0. The molecule has 1 N–H and O–H groups in total. The maximum atomic E-state index is 13.0. The lowest BCUT2D eigenvalue weighted by Gasteiger charge is -2.32. The fraction of sp³-hybridized carbons (Fsp3) is 0.375. The van der Waals surface area contributed by atoms with Crippen LogP contribution in [0.1, 0.15) is 12.8 Å². The molecule has 33 heavy (non-hydrogen) atoms. The molecule has 2 aliphatic rings. The summed E-state index contributed by atoms with van der Waals surface area (Å²) in [5.74, 6) is 1.96. The molecule has 0 spiro atoms. The largest absolute Gasteiger partial charge is 0.378 e. The summed E-state index contributed by atoms with van der Waals surface area (Å²) in [5.41, 5.74) is 1.87. The number of nitrogens with one attached hydrogen (secondary N) is 1. The fourth-order valence-electron chi connectivity index (χ4n) is 4.27. The predicted octanol–water partition coefficient (Wildman–Crippen LogP) is 2.63. The lowest BCUT2D eigenvalue weighted by Crippen LogP contribution is -2.41. The molecule has 0 saturated carbocycles. The molecule has 2 saturated heterocycles. The second kappa shape index (κ2) is 9.91. The Kier molecular flexibility index (Phi) is 6.39. The van der Waals surface area contributed by atoms with Gasteiger partial charge < -0.3 is 19.9 Å². The maximum absolute atomic E-state index is 13.0. The molecule has 1 atom stereocenters. The molecule has 5 rings (SSSR count). The highest BCUT2D eigenvalue weighted by Crippen LogP contribution is 2.24. The summed E-state index contributed by atoms with van der Waals surface area (Å²) in [6, 6.07) is 15.8. The molecule has 4 heterocycles. The zero-order valence-corrected chi connectivity index (χ0v) is 18.4. The van der Waals surface area contributed by atoms with E-state index >= 15 is 0 Å². The van der Waals surface area contributed by atoms with Gasteiger partial charge in [-0.3, -0.25) is 4.79 Å². The van der Waals surface area contributed by atoms with E-state index in [2.05, 4.69) is 35.3 Å². The minimum absolute atomic E-state index is 0.0276. The number of carbonyl (C=O) groups excluding carboxylic acids is 1. The van der Waals surface area contributed by atoms with Crippen LogP contribution in [0.15, 0.2) is 54.9 Å². The molecule has 0 radical (unpaired) electrons. The number of ether oxygens (including phenoxy) is 1. The molecular weight excluding hydrogens is 418 g/mol. The smallest absolute Gasteiger partial charge is 0.230 e. The Balaban J connectivity index is 1.22. The van der Waals surface area contributed by atoms with E-state index in [0.717, 1.165) is 55.4 Å². The average Bonchev–Trinajstić information content (AvgIpc) is 2.90. The van der Waals surface area contributed by atoms with Gasteiger partial charge in [-0.1, -0.05) is 30.3 Å². The van der Waals surface area contributed by atoms with Crippen LogP contribution in [0.4, 0.5) is 17.5 Å². The summed E-state index contributed by atoms with van der Waals surface area (Å²) in [6.45, 7) is 4.39. The van der Waals surface area contributed by atoms with Crippen LogP contribution >= 0.6 is 0 Å². The lowest BCUT2D eigenvalue weighted by atomic mass is 9.97. The third-order valence-electron chi connectivity index (χ3n) is 6.08. The van der Waals surface area contributed by atoms with Gasteiger partial charge in [-0.2, -0.15) is 0 Å². The van der Waals surface area contributed by atoms with Gasteiger partial charge in [0.2, 0.25) is 5.91 Å². The third kappa shape index (κ3) is 5.09. The van der Waals surface area contributed by atoms with Crippen molar-refractivity contribution in [2.45, 2.75) is 12.8 Å². The number of morpholine rings is 1. The first kappa shape index (κ1) is 21.3. The van der Waals surface area contributed by atoms with Crippen molar-refractivity contribution in [1.82, 2.24) is 20.2 Å². The first-order valence-electron chi connectivity index (χ1n) is 11.4. The van der Waals surface area contributed by atoms with Crippen molar-refractivity contribution in [2.24, 2.45) is 5.92 Å². The summed E-state index contributed by atoms with van der Waals surface area (Å²) in [4.78, 5) is 25.9. The van der Waals surface area contributed by atoms with Crippen molar-refractivity contribution in [3.63, 3.8) is 0 Å². The Morgan fingerprint density at radius 2 is 1.79 bits per heavy atom. The van der Waals surface area contributed by atoms with Crippen LogP contribution in [0, 0.1) is 5.92 Å². The molecule has 1 amide bonds. The van der Waals surface area contributed by atoms with Crippen LogP contribution in [0.5, 0.6) is 0 Å². The molecule has 1 aromatic carbocycles. The Labute approximate surface area is 192 Å². The monoisotopic (exact) mass is 445 g/mol. The van der Waals surface area contributed by atoms with E-state index in [1.807, 2.05) is 48.5 Å². The SMILES string of the molecule is O=C(Nc1cc(N2CCOCC2)ncn1)[C@@H]1CCCN(c2ccc(-c3ccccc3)nn2)C1. The topological polar surface area (TPSA) is 96.4 Å². The molecule has 0 aliphatic carbocycles. The molecular formula is C24H27N7O2. The molecule has 2 aliphatic heterocycles. The van der Waals surface area contributed by atoms with Crippen molar-refractivity contribution in [3.8, 4) is 11.3 Å². The molecule has 2 fully saturated rings. The summed E-state index contributed by atoms with van der Waals surface area (Å²) < 4.78 is 5.40. The van der Waals surface area contributed by atoms with Crippen LogP contribution in [-0.4, -0.2) is 65.5 Å². The van der Waals surface area contributed by atoms with Gasteiger partial charge in [0.1, 0.15) is 18.0 Å². The van der Waals surface area contributed by atoms with Crippen LogP contribution < -0.4 is 15.1 Å². The van der Waals surface area contributed by atoms with Crippen LogP contribution in [0.3, 0.4) is 0 Å². The summed E-state index contributed by atoms with van der Waals surface area (Å²) >= 11 is 0. The zero-order chi connectivity index (χ0) is 22.5. The molecule has 9 nitrogen and oxygen atoms in total. The predicted molar refractivity (Wildman–Crippen MR) is 126 cm³/mol.